The fourth-order valence-electron chi connectivity index (χ4n) is 2.53. The summed E-state index contributed by atoms with van der Waals surface area (Å²) >= 11 is 0. The lowest BCUT2D eigenvalue weighted by molar-refractivity contribution is 0.0943. The van der Waals surface area contributed by atoms with Crippen LogP contribution < -0.4 is 5.32 Å². The smallest absolute Gasteiger partial charge is 0.270 e. The Morgan fingerprint density at radius 2 is 2.08 bits per heavy atom. The highest BCUT2D eigenvalue weighted by atomic mass is 19.2. The van der Waals surface area contributed by atoms with Crippen molar-refractivity contribution < 1.29 is 13.6 Å². The zero-order chi connectivity index (χ0) is 16.7. The number of nitrogens with zero attached hydrogens (tertiary/aromatic N) is 3. The average Bonchev–Trinajstić information content (AvgIpc) is 3.20. The highest BCUT2D eigenvalue weighted by Crippen LogP contribution is 2.18. The van der Waals surface area contributed by atoms with Gasteiger partial charge >= 0.3 is 0 Å². The molecule has 24 heavy (non-hydrogen) atoms. The van der Waals surface area contributed by atoms with Crippen molar-refractivity contribution in [3.8, 4) is 0 Å². The summed E-state index contributed by atoms with van der Waals surface area (Å²) in [4.78, 5) is 19.1. The first kappa shape index (κ1) is 14.3. The summed E-state index contributed by atoms with van der Waals surface area (Å²) in [7, 11) is 0. The third kappa shape index (κ3) is 2.28. The average molecular weight is 327 g/mol. The summed E-state index contributed by atoms with van der Waals surface area (Å²) < 4.78 is 28.4. The van der Waals surface area contributed by atoms with Crippen molar-refractivity contribution in [2.24, 2.45) is 0 Å². The van der Waals surface area contributed by atoms with Crippen molar-refractivity contribution in [3.05, 3.63) is 65.7 Å². The maximum absolute atomic E-state index is 13.7. The fraction of sp³-hybridized carbons (Fsp3) is 0.0625. The molecule has 1 amide bonds. The molecule has 0 saturated carbocycles. The highest BCUT2D eigenvalue weighted by molar-refractivity contribution is 5.93. The van der Waals surface area contributed by atoms with Crippen LogP contribution in [0.3, 0.4) is 0 Å². The molecule has 0 aliphatic rings. The monoisotopic (exact) mass is 327 g/mol. The number of fused-ring (bicyclic) bond motifs is 2. The number of imidazole rings is 1. The van der Waals surface area contributed by atoms with Gasteiger partial charge in [-0.3, -0.25) is 4.79 Å². The predicted octanol–water partition coefficient (Wildman–Crippen LogP) is 2.42. The van der Waals surface area contributed by atoms with Crippen molar-refractivity contribution in [2.45, 2.75) is 6.54 Å². The number of rotatable bonds is 3. The van der Waals surface area contributed by atoms with E-state index < -0.39 is 11.6 Å². The number of amides is 1. The number of carbonyl (C=O) groups is 1. The van der Waals surface area contributed by atoms with Gasteiger partial charge in [-0.1, -0.05) is 0 Å². The molecule has 4 rings (SSSR count). The van der Waals surface area contributed by atoms with Crippen molar-refractivity contribution in [2.75, 3.05) is 0 Å². The first-order valence-electron chi connectivity index (χ1n) is 7.17. The number of H-pyrrole nitrogens is 1. The summed E-state index contributed by atoms with van der Waals surface area (Å²) in [6.45, 7) is 0.0502. The van der Waals surface area contributed by atoms with E-state index in [0.717, 1.165) is 11.6 Å². The van der Waals surface area contributed by atoms with Crippen molar-refractivity contribution in [1.82, 2.24) is 24.9 Å². The second kappa shape index (κ2) is 5.41. The van der Waals surface area contributed by atoms with E-state index in [1.54, 1.807) is 24.4 Å². The van der Waals surface area contributed by atoms with Crippen LogP contribution in [0.15, 0.2) is 42.6 Å². The molecule has 0 aliphatic heterocycles. The van der Waals surface area contributed by atoms with Gasteiger partial charge in [0.15, 0.2) is 11.6 Å². The van der Waals surface area contributed by atoms with E-state index in [2.05, 4.69) is 20.4 Å². The molecule has 0 aliphatic carbocycles. The largest absolute Gasteiger partial charge is 0.343 e. The van der Waals surface area contributed by atoms with Crippen LogP contribution in [0, 0.1) is 11.6 Å². The molecule has 8 heteroatoms. The van der Waals surface area contributed by atoms with E-state index in [4.69, 9.17) is 0 Å². The molecular formula is C16H11F2N5O. The molecule has 1 aromatic carbocycles. The Morgan fingerprint density at radius 1 is 1.21 bits per heavy atom. The minimum Gasteiger partial charge on any atom is -0.343 e. The fourth-order valence-corrected chi connectivity index (χ4v) is 2.53. The third-order valence-corrected chi connectivity index (χ3v) is 3.66. The van der Waals surface area contributed by atoms with Crippen LogP contribution in [-0.2, 0) is 6.54 Å². The van der Waals surface area contributed by atoms with Gasteiger partial charge in [0.1, 0.15) is 17.0 Å². The van der Waals surface area contributed by atoms with Gasteiger partial charge in [-0.25, -0.2) is 18.3 Å². The van der Waals surface area contributed by atoms with Gasteiger partial charge in [0.25, 0.3) is 5.91 Å². The lowest BCUT2D eigenvalue weighted by Gasteiger charge is -2.03. The molecule has 2 N–H and O–H groups in total. The zero-order valence-electron chi connectivity index (χ0n) is 12.3. The Hall–Kier alpha value is -3.29. The normalized spacial score (nSPS) is 11.2. The van der Waals surface area contributed by atoms with E-state index in [1.807, 2.05) is 6.07 Å². The summed E-state index contributed by atoms with van der Waals surface area (Å²) in [6, 6.07) is 9.47. The van der Waals surface area contributed by atoms with Crippen LogP contribution >= 0.6 is 0 Å². The van der Waals surface area contributed by atoms with E-state index in [9.17, 15) is 13.6 Å². The Labute approximate surface area is 134 Å². The number of aromatic nitrogens is 4. The molecule has 0 bridgehead atoms. The second-order valence-corrected chi connectivity index (χ2v) is 5.20. The van der Waals surface area contributed by atoms with Crippen LogP contribution in [0.4, 0.5) is 8.78 Å². The Bertz CT molecular complexity index is 1070. The number of halogens is 2. The van der Waals surface area contributed by atoms with Gasteiger partial charge in [-0.15, -0.1) is 0 Å². The van der Waals surface area contributed by atoms with Crippen LogP contribution in [0.2, 0.25) is 0 Å². The summed E-state index contributed by atoms with van der Waals surface area (Å²) in [5.41, 5.74) is 1.45. The molecule has 3 heterocycles. The molecule has 120 valence electrons. The molecule has 3 aromatic heterocycles. The van der Waals surface area contributed by atoms with Crippen molar-refractivity contribution in [3.63, 3.8) is 0 Å². The number of nitrogens with one attached hydrogen (secondary N) is 2. The second-order valence-electron chi connectivity index (χ2n) is 5.20. The molecular weight excluding hydrogens is 316 g/mol. The maximum Gasteiger partial charge on any atom is 0.270 e. The first-order chi connectivity index (χ1) is 11.6. The third-order valence-electron chi connectivity index (χ3n) is 3.66. The maximum atomic E-state index is 13.7. The number of hydrogen-bond donors (Lipinski definition) is 2. The first-order valence-corrected chi connectivity index (χ1v) is 7.17. The topological polar surface area (TPSA) is 75.1 Å². The molecule has 0 radical (unpaired) electrons. The van der Waals surface area contributed by atoms with E-state index >= 15 is 0 Å². The summed E-state index contributed by atoms with van der Waals surface area (Å²) in [6.07, 6.45) is 1.58. The Kier molecular flexibility index (Phi) is 3.23. The van der Waals surface area contributed by atoms with E-state index in [1.165, 1.54) is 10.6 Å². The lowest BCUT2D eigenvalue weighted by Crippen LogP contribution is -2.25. The van der Waals surface area contributed by atoms with E-state index in [-0.39, 0.29) is 18.0 Å². The van der Waals surface area contributed by atoms with Crippen LogP contribution in [-0.4, -0.2) is 25.5 Å². The SMILES string of the molecule is O=C(NCc1nc2c(F)c(F)ccc2[nH]1)c1ccc2cccnn12. The molecule has 6 nitrogen and oxygen atoms in total. The Balaban J connectivity index is 1.56. The molecule has 0 spiro atoms. The minimum absolute atomic E-state index is 0.0502. The quantitative estimate of drug-likeness (QED) is 0.607. The zero-order valence-corrected chi connectivity index (χ0v) is 12.3. The predicted molar refractivity (Wildman–Crippen MR) is 82.4 cm³/mol. The molecule has 0 fully saturated rings. The van der Waals surface area contributed by atoms with Crippen LogP contribution in [0.25, 0.3) is 16.6 Å². The number of hydrogen-bond acceptors (Lipinski definition) is 3. The molecule has 0 unspecified atom stereocenters. The standard InChI is InChI=1S/C16H11F2N5O/c17-10-4-5-11-15(14(10)18)22-13(21-11)8-19-16(24)12-6-3-9-2-1-7-20-23(9)12/h1-7H,8H2,(H,19,24)(H,21,22). The van der Waals surface area contributed by atoms with E-state index in [0.29, 0.717) is 17.0 Å². The summed E-state index contributed by atoms with van der Waals surface area (Å²) in [5, 5.41) is 6.79. The van der Waals surface area contributed by atoms with Crippen molar-refractivity contribution in [1.29, 1.82) is 0 Å². The van der Waals surface area contributed by atoms with Gasteiger partial charge in [-0.2, -0.15) is 5.10 Å². The van der Waals surface area contributed by atoms with Gasteiger partial charge in [-0.05, 0) is 36.4 Å². The minimum atomic E-state index is -1.01. The number of aromatic amines is 1. The lowest BCUT2D eigenvalue weighted by atomic mass is 10.3. The Morgan fingerprint density at radius 3 is 2.96 bits per heavy atom. The highest BCUT2D eigenvalue weighted by Gasteiger charge is 2.14. The van der Waals surface area contributed by atoms with Crippen molar-refractivity contribution >= 4 is 22.5 Å². The van der Waals surface area contributed by atoms with Gasteiger partial charge in [0.2, 0.25) is 0 Å². The number of benzene rings is 1. The van der Waals surface area contributed by atoms with Gasteiger partial charge < -0.3 is 10.3 Å². The van der Waals surface area contributed by atoms with Gasteiger partial charge in [0.05, 0.1) is 17.6 Å². The number of carbonyl (C=O) groups excluding carboxylic acids is 1. The van der Waals surface area contributed by atoms with Crippen LogP contribution in [0.5, 0.6) is 0 Å². The molecule has 0 saturated heterocycles. The van der Waals surface area contributed by atoms with Crippen LogP contribution in [0.1, 0.15) is 16.3 Å². The molecule has 4 aromatic rings. The molecule has 0 atom stereocenters. The van der Waals surface area contributed by atoms with Gasteiger partial charge in [0, 0.05) is 6.20 Å². The summed E-state index contributed by atoms with van der Waals surface area (Å²) in [5.74, 6) is -1.99.